The van der Waals surface area contributed by atoms with Gasteiger partial charge < -0.3 is 10.1 Å². The monoisotopic (exact) mass is 221 g/mol. The van der Waals surface area contributed by atoms with Crippen LogP contribution in [0.2, 0.25) is 0 Å². The van der Waals surface area contributed by atoms with E-state index < -0.39 is 0 Å². The molecule has 0 aliphatic rings. The summed E-state index contributed by atoms with van der Waals surface area (Å²) in [6, 6.07) is 9.50. The van der Waals surface area contributed by atoms with Crippen molar-refractivity contribution in [2.75, 3.05) is 13.7 Å². The summed E-state index contributed by atoms with van der Waals surface area (Å²) < 4.78 is 5.19. The minimum absolute atomic E-state index is 0.376. The highest BCUT2D eigenvalue weighted by molar-refractivity contribution is 5.23. The van der Waals surface area contributed by atoms with Gasteiger partial charge in [-0.1, -0.05) is 36.8 Å². The third kappa shape index (κ3) is 3.95. The van der Waals surface area contributed by atoms with Crippen LogP contribution in [-0.4, -0.2) is 19.8 Å². The summed E-state index contributed by atoms with van der Waals surface area (Å²) in [5.74, 6) is 0. The fourth-order valence-electron chi connectivity index (χ4n) is 1.79. The molecule has 0 heterocycles. The van der Waals surface area contributed by atoms with Crippen molar-refractivity contribution < 1.29 is 4.74 Å². The largest absolute Gasteiger partial charge is 0.383 e. The van der Waals surface area contributed by atoms with Gasteiger partial charge in [0.1, 0.15) is 0 Å². The Bertz CT molecular complexity index is 294. The van der Waals surface area contributed by atoms with Crippen molar-refractivity contribution in [3.63, 3.8) is 0 Å². The molecule has 0 radical (unpaired) electrons. The summed E-state index contributed by atoms with van der Waals surface area (Å²) in [7, 11) is 1.75. The maximum absolute atomic E-state index is 5.19. The SMILES string of the molecule is CCC(COC)N[C@H](C)c1ccc(C)cc1. The van der Waals surface area contributed by atoms with E-state index in [4.69, 9.17) is 4.74 Å². The molecule has 0 fully saturated rings. The Morgan fingerprint density at radius 2 is 1.88 bits per heavy atom. The topological polar surface area (TPSA) is 21.3 Å². The van der Waals surface area contributed by atoms with Crippen LogP contribution in [0, 0.1) is 6.92 Å². The lowest BCUT2D eigenvalue weighted by molar-refractivity contribution is 0.159. The second-order valence-corrected chi connectivity index (χ2v) is 4.36. The minimum atomic E-state index is 0.376. The lowest BCUT2D eigenvalue weighted by Crippen LogP contribution is -2.34. The second kappa shape index (κ2) is 6.66. The van der Waals surface area contributed by atoms with Gasteiger partial charge in [-0.15, -0.1) is 0 Å². The third-order valence-corrected chi connectivity index (χ3v) is 2.92. The number of aryl methyl sites for hydroxylation is 1. The molecule has 0 saturated heterocycles. The van der Waals surface area contributed by atoms with E-state index in [-0.39, 0.29) is 0 Å². The first-order chi connectivity index (χ1) is 7.67. The summed E-state index contributed by atoms with van der Waals surface area (Å²) in [5, 5.41) is 3.58. The summed E-state index contributed by atoms with van der Waals surface area (Å²) in [6.45, 7) is 7.26. The molecule has 1 rings (SSSR count). The lowest BCUT2D eigenvalue weighted by Gasteiger charge is -2.22. The fourth-order valence-corrected chi connectivity index (χ4v) is 1.79. The first kappa shape index (κ1) is 13.2. The highest BCUT2D eigenvalue weighted by Gasteiger charge is 2.11. The van der Waals surface area contributed by atoms with Crippen molar-refractivity contribution in [2.45, 2.75) is 39.3 Å². The number of hydrogen-bond acceptors (Lipinski definition) is 2. The van der Waals surface area contributed by atoms with Crippen LogP contribution in [0.1, 0.15) is 37.4 Å². The molecule has 2 nitrogen and oxygen atoms in total. The maximum Gasteiger partial charge on any atom is 0.0615 e. The van der Waals surface area contributed by atoms with Gasteiger partial charge in [0, 0.05) is 19.2 Å². The van der Waals surface area contributed by atoms with Gasteiger partial charge in [-0.2, -0.15) is 0 Å². The highest BCUT2D eigenvalue weighted by Crippen LogP contribution is 2.14. The molecule has 0 aromatic heterocycles. The molecular weight excluding hydrogens is 198 g/mol. The molecule has 90 valence electrons. The summed E-state index contributed by atoms with van der Waals surface area (Å²) in [5.41, 5.74) is 2.64. The average molecular weight is 221 g/mol. The van der Waals surface area contributed by atoms with E-state index in [0.717, 1.165) is 13.0 Å². The smallest absolute Gasteiger partial charge is 0.0615 e. The van der Waals surface area contributed by atoms with Gasteiger partial charge in [-0.05, 0) is 25.8 Å². The van der Waals surface area contributed by atoms with E-state index in [1.54, 1.807) is 7.11 Å². The van der Waals surface area contributed by atoms with Crippen LogP contribution < -0.4 is 5.32 Å². The molecule has 0 aliphatic carbocycles. The number of benzene rings is 1. The maximum atomic E-state index is 5.19. The van der Waals surface area contributed by atoms with Crippen molar-refractivity contribution in [3.8, 4) is 0 Å². The molecule has 0 bridgehead atoms. The number of nitrogens with one attached hydrogen (secondary N) is 1. The van der Waals surface area contributed by atoms with E-state index >= 15 is 0 Å². The number of ether oxygens (including phenoxy) is 1. The average Bonchev–Trinajstić information content (AvgIpc) is 2.29. The molecule has 0 saturated carbocycles. The molecule has 1 unspecified atom stereocenters. The van der Waals surface area contributed by atoms with Crippen LogP contribution in [0.15, 0.2) is 24.3 Å². The summed E-state index contributed by atoms with van der Waals surface area (Å²) >= 11 is 0. The van der Waals surface area contributed by atoms with E-state index in [9.17, 15) is 0 Å². The van der Waals surface area contributed by atoms with Gasteiger partial charge in [-0.3, -0.25) is 0 Å². The predicted molar refractivity (Wildman–Crippen MR) is 68.7 cm³/mol. The Balaban J connectivity index is 2.56. The normalized spacial score (nSPS) is 14.8. The van der Waals surface area contributed by atoms with Crippen molar-refractivity contribution >= 4 is 0 Å². The second-order valence-electron chi connectivity index (χ2n) is 4.36. The Morgan fingerprint density at radius 1 is 1.25 bits per heavy atom. The van der Waals surface area contributed by atoms with Crippen LogP contribution in [0.5, 0.6) is 0 Å². The van der Waals surface area contributed by atoms with Crippen molar-refractivity contribution in [1.29, 1.82) is 0 Å². The quantitative estimate of drug-likeness (QED) is 0.797. The Hall–Kier alpha value is -0.860. The van der Waals surface area contributed by atoms with E-state index in [0.29, 0.717) is 12.1 Å². The van der Waals surface area contributed by atoms with Crippen LogP contribution in [-0.2, 0) is 4.74 Å². The zero-order chi connectivity index (χ0) is 12.0. The zero-order valence-corrected chi connectivity index (χ0v) is 10.8. The van der Waals surface area contributed by atoms with Crippen molar-refractivity contribution in [2.24, 2.45) is 0 Å². The third-order valence-electron chi connectivity index (χ3n) is 2.92. The van der Waals surface area contributed by atoms with Gasteiger partial charge in [0.15, 0.2) is 0 Å². The number of methoxy groups -OCH3 is 1. The van der Waals surface area contributed by atoms with Gasteiger partial charge >= 0.3 is 0 Å². The zero-order valence-electron chi connectivity index (χ0n) is 10.8. The van der Waals surface area contributed by atoms with E-state index in [1.807, 2.05) is 0 Å². The lowest BCUT2D eigenvalue weighted by atomic mass is 10.1. The molecule has 0 amide bonds. The molecule has 2 heteroatoms. The molecule has 1 aromatic carbocycles. The first-order valence-corrected chi connectivity index (χ1v) is 5.99. The minimum Gasteiger partial charge on any atom is -0.383 e. The first-order valence-electron chi connectivity index (χ1n) is 5.99. The standard InChI is InChI=1S/C14H23NO/c1-5-14(10-16-4)15-12(3)13-8-6-11(2)7-9-13/h6-9,12,14-15H,5,10H2,1-4H3/t12-,14?/m1/s1. The van der Waals surface area contributed by atoms with Gasteiger partial charge in [0.05, 0.1) is 6.61 Å². The predicted octanol–water partition coefficient (Wildman–Crippen LogP) is 3.07. The molecule has 0 aliphatic heterocycles. The Labute approximate surface area is 99.0 Å². The number of hydrogen-bond donors (Lipinski definition) is 1. The van der Waals surface area contributed by atoms with Crippen LogP contribution in [0.4, 0.5) is 0 Å². The highest BCUT2D eigenvalue weighted by atomic mass is 16.5. The Morgan fingerprint density at radius 3 is 2.38 bits per heavy atom. The van der Waals surface area contributed by atoms with E-state index in [2.05, 4.69) is 50.4 Å². The number of rotatable bonds is 6. The van der Waals surface area contributed by atoms with Gasteiger partial charge in [-0.25, -0.2) is 0 Å². The molecule has 2 atom stereocenters. The summed E-state index contributed by atoms with van der Waals surface area (Å²) in [4.78, 5) is 0. The van der Waals surface area contributed by atoms with Crippen LogP contribution in [0.3, 0.4) is 0 Å². The van der Waals surface area contributed by atoms with Crippen LogP contribution in [0.25, 0.3) is 0 Å². The summed E-state index contributed by atoms with van der Waals surface area (Å²) in [6.07, 6.45) is 1.09. The van der Waals surface area contributed by atoms with E-state index in [1.165, 1.54) is 11.1 Å². The molecular formula is C14H23NO. The van der Waals surface area contributed by atoms with Gasteiger partial charge in [0.25, 0.3) is 0 Å². The van der Waals surface area contributed by atoms with Gasteiger partial charge in [0.2, 0.25) is 0 Å². The van der Waals surface area contributed by atoms with Crippen LogP contribution >= 0.6 is 0 Å². The molecule has 0 spiro atoms. The van der Waals surface area contributed by atoms with Crippen molar-refractivity contribution in [1.82, 2.24) is 5.32 Å². The van der Waals surface area contributed by atoms with Crippen molar-refractivity contribution in [3.05, 3.63) is 35.4 Å². The fraction of sp³-hybridized carbons (Fsp3) is 0.571. The molecule has 1 aromatic rings. The molecule has 16 heavy (non-hydrogen) atoms. The molecule has 1 N–H and O–H groups in total. The Kier molecular flexibility index (Phi) is 5.50.